The van der Waals surface area contributed by atoms with Gasteiger partial charge in [-0.3, -0.25) is 23.4 Å². The second kappa shape index (κ2) is 11.7. The molecule has 46 heavy (non-hydrogen) atoms. The van der Waals surface area contributed by atoms with Gasteiger partial charge in [-0.2, -0.15) is 4.98 Å². The molecule has 246 valence electrons. The molecule has 0 saturated carbocycles. The van der Waals surface area contributed by atoms with Crippen LogP contribution in [-0.2, 0) is 39.4 Å². The number of rotatable bonds is 10. The van der Waals surface area contributed by atoms with Gasteiger partial charge in [0.1, 0.15) is 35.6 Å². The fourth-order valence-corrected chi connectivity index (χ4v) is 9.13. The maximum Gasteiger partial charge on any atom is 0.695 e. The van der Waals surface area contributed by atoms with Crippen LogP contribution in [0.3, 0.4) is 0 Å². The molecule has 10 atom stereocenters. The molecule has 4 aromatic rings. The van der Waals surface area contributed by atoms with E-state index < -0.39 is 80.7 Å². The Bertz CT molecular complexity index is 1950. The molecule has 3 aliphatic rings. The summed E-state index contributed by atoms with van der Waals surface area (Å²) in [4.78, 5) is 55.9. The zero-order valence-corrected chi connectivity index (χ0v) is 26.4. The van der Waals surface area contributed by atoms with Crippen LogP contribution < -0.4 is 17.0 Å². The number of thioether (sulfide) groups is 1. The van der Waals surface area contributed by atoms with Gasteiger partial charge in [0.25, 0.3) is 5.56 Å². The van der Waals surface area contributed by atoms with Crippen LogP contribution in [0.2, 0.25) is 0 Å². The van der Waals surface area contributed by atoms with Crippen molar-refractivity contribution < 1.29 is 46.9 Å². The fraction of sp³-hybridized carbons (Fsp3) is 0.524. The number of imidazole rings is 2. The summed E-state index contributed by atoms with van der Waals surface area (Å²) in [6.45, 7) is -5.71. The number of alkyl halides is 1. The highest BCUT2D eigenvalue weighted by Crippen LogP contribution is 2.56. The molecule has 0 radical (unpaired) electrons. The number of nitrogens with two attached hydrogens (primary N) is 2. The van der Waals surface area contributed by atoms with Crippen LogP contribution in [0.15, 0.2) is 23.8 Å². The molecule has 7 rings (SSSR count). The Kier molecular flexibility index (Phi) is 8.10. The van der Waals surface area contributed by atoms with Crippen LogP contribution in [0, 0.1) is 0 Å². The third kappa shape index (κ3) is 5.29. The lowest BCUT2D eigenvalue weighted by molar-refractivity contribution is -0.183. The first-order chi connectivity index (χ1) is 21.9. The lowest BCUT2D eigenvalue weighted by atomic mass is 10.0. The first kappa shape index (κ1) is 31.8. The van der Waals surface area contributed by atoms with E-state index in [2.05, 4.69) is 29.9 Å². The number of hydrogen-bond acceptors (Lipinski definition) is 17. The number of nitrogens with one attached hydrogen (secondary N) is 1. The first-order valence-electron chi connectivity index (χ1n) is 13.2. The van der Waals surface area contributed by atoms with Crippen molar-refractivity contribution in [2.24, 2.45) is 0 Å². The van der Waals surface area contributed by atoms with Crippen molar-refractivity contribution >= 4 is 72.6 Å². The van der Waals surface area contributed by atoms with Gasteiger partial charge in [0.15, 0.2) is 40.6 Å². The zero-order valence-electron chi connectivity index (χ0n) is 23.0. The second-order valence-electron chi connectivity index (χ2n) is 10.5. The van der Waals surface area contributed by atoms with Gasteiger partial charge in [-0.1, -0.05) is 0 Å². The monoisotopic (exact) mass is 721 g/mol. The summed E-state index contributed by atoms with van der Waals surface area (Å²) in [6, 6.07) is 0. The number of H-pyrrole nitrogens is 1. The van der Waals surface area contributed by atoms with E-state index in [4.69, 9.17) is 46.3 Å². The number of aliphatic hydroxyl groups excluding tert-OH is 1. The van der Waals surface area contributed by atoms with E-state index in [0.717, 1.165) is 11.8 Å². The first-order valence-corrected chi connectivity index (χ1v) is 17.9. The van der Waals surface area contributed by atoms with Crippen LogP contribution in [0.1, 0.15) is 11.6 Å². The normalized spacial score (nSPS) is 32.4. The predicted molar refractivity (Wildman–Crippen MR) is 159 cm³/mol. The molecule has 20 nitrogen and oxygen atoms in total. The van der Waals surface area contributed by atoms with Crippen LogP contribution in [0.4, 0.5) is 16.2 Å². The average molecular weight is 722 g/mol. The Balaban J connectivity index is 1.14. The Morgan fingerprint density at radius 1 is 1.24 bits per heavy atom. The second-order valence-corrected chi connectivity index (χ2v) is 15.3. The zero-order chi connectivity index (χ0) is 32.5. The van der Waals surface area contributed by atoms with Crippen molar-refractivity contribution in [2.75, 3.05) is 31.3 Å². The quantitative estimate of drug-likeness (QED) is 0.111. The molecule has 4 aromatic heterocycles. The number of ether oxygens (including phenoxy) is 2. The van der Waals surface area contributed by atoms with Gasteiger partial charge in [-0.25, -0.2) is 24.3 Å². The molecule has 0 aliphatic carbocycles. The highest BCUT2D eigenvalue weighted by atomic mass is 32.5. The smallest absolute Gasteiger partial charge is 0.395 e. The molecule has 25 heteroatoms. The summed E-state index contributed by atoms with van der Waals surface area (Å²) in [5.74, 6) is -0.0963. The highest BCUT2D eigenvalue weighted by molar-refractivity contribution is 8.07. The van der Waals surface area contributed by atoms with E-state index >= 15 is 4.39 Å². The topological polar surface area (TPSA) is 283 Å². The molecule has 0 amide bonds. The minimum absolute atomic E-state index is 0.0147. The number of aliphatic hydroxyl groups is 1. The van der Waals surface area contributed by atoms with E-state index in [1.165, 1.54) is 28.1 Å². The number of fused-ring (bicyclic) bond motifs is 4. The summed E-state index contributed by atoms with van der Waals surface area (Å²) >= 11 is 6.21. The van der Waals surface area contributed by atoms with E-state index in [1.54, 1.807) is 0 Å². The van der Waals surface area contributed by atoms with Crippen molar-refractivity contribution in [2.45, 2.75) is 46.9 Å². The van der Waals surface area contributed by atoms with Gasteiger partial charge in [0.05, 0.1) is 37.7 Å². The van der Waals surface area contributed by atoms with Gasteiger partial charge < -0.3 is 35.5 Å². The number of aromatic nitrogens is 8. The Morgan fingerprint density at radius 3 is 2.76 bits per heavy atom. The number of halogens is 1. The molecule has 7 heterocycles. The molecule has 2 bridgehead atoms. The fourth-order valence-electron chi connectivity index (χ4n) is 5.71. The Labute approximate surface area is 265 Å². The van der Waals surface area contributed by atoms with Crippen LogP contribution >= 0.6 is 26.7 Å². The average Bonchev–Trinajstić information content (AvgIpc) is 3.81. The molecular weight excluding hydrogens is 697 g/mol. The lowest BCUT2D eigenvalue weighted by Gasteiger charge is -2.32. The molecule has 2 unspecified atom stereocenters. The van der Waals surface area contributed by atoms with Gasteiger partial charge in [0, 0.05) is 4.57 Å². The number of hydrogen-bond donors (Lipinski definition) is 6. The molecule has 3 aliphatic heterocycles. The van der Waals surface area contributed by atoms with E-state index in [1.807, 2.05) is 0 Å². The molecule has 0 spiro atoms. The number of anilines is 2. The Morgan fingerprint density at radius 2 is 2.00 bits per heavy atom. The number of nitrogens with zero attached hydrogens (tertiary/aromatic N) is 7. The van der Waals surface area contributed by atoms with Crippen molar-refractivity contribution in [1.82, 2.24) is 39.0 Å². The summed E-state index contributed by atoms with van der Waals surface area (Å²) in [5, 5.41) is 7.79. The SMILES string of the molecule is Nc1nc2c(ncn2[C@@H]2S[C@H](CO)[C@H](F)[C@H]2OP(O)(=S)OC[C@@]23CO[C@@H]([C@H](n4cnc5c(N)ncnc54)O2)[C@@H]3O[P+](=O)O)c(=O)[nH]1. The van der Waals surface area contributed by atoms with E-state index in [-0.39, 0.29) is 40.7 Å². The summed E-state index contributed by atoms with van der Waals surface area (Å²) < 4.78 is 59.0. The number of aromatic amines is 1. The standard InChI is InChI=1S/C21H23FN10O10P2S2/c22-8-7(1-33)46-19(32-6-28-10-16(32)29-20(24)30-17(10)34)11(8)42-44(37,45)39-3-21-2-38-12(13(21)41-43(35)36)18(40-21)31-5-27-9-14(23)25-4-26-15(9)31/h4-8,11-13,18-19,33H,1-3H2,(H6-,23,24,25,26,29,30,34,35,36,37,45)/p+1/t7-,8+,11-,12-,13+,18-,19-,21-,44?/m1/s1. The van der Waals surface area contributed by atoms with Crippen LogP contribution in [0.5, 0.6) is 0 Å². The summed E-state index contributed by atoms with van der Waals surface area (Å²) in [5.41, 5.74) is 9.88. The van der Waals surface area contributed by atoms with Crippen LogP contribution in [-0.4, -0.2) is 109 Å². The third-order valence-corrected chi connectivity index (χ3v) is 11.2. The maximum absolute atomic E-state index is 15.6. The van der Waals surface area contributed by atoms with Crippen LogP contribution in [0.25, 0.3) is 22.3 Å². The van der Waals surface area contributed by atoms with E-state index in [9.17, 15) is 24.3 Å². The summed E-state index contributed by atoms with van der Waals surface area (Å²) in [7, 11) is -3.15. The highest BCUT2D eigenvalue weighted by Gasteiger charge is 2.67. The van der Waals surface area contributed by atoms with Gasteiger partial charge >= 0.3 is 15.0 Å². The van der Waals surface area contributed by atoms with Crippen molar-refractivity contribution in [3.05, 3.63) is 29.3 Å². The Hall–Kier alpha value is -2.79. The minimum atomic E-state index is -4.34. The van der Waals surface area contributed by atoms with Gasteiger partial charge in [0.2, 0.25) is 5.95 Å². The molecule has 0 aromatic carbocycles. The lowest BCUT2D eigenvalue weighted by Crippen LogP contribution is -2.45. The summed E-state index contributed by atoms with van der Waals surface area (Å²) in [6.07, 6.45) is -2.71. The minimum Gasteiger partial charge on any atom is -0.395 e. The molecule has 8 N–H and O–H groups in total. The molecule has 3 saturated heterocycles. The number of nitrogen functional groups attached to an aromatic ring is 2. The molecular formula is C21H24FN10O10P2S2+. The predicted octanol–water partition coefficient (Wildman–Crippen LogP) is -0.612. The van der Waals surface area contributed by atoms with Crippen molar-refractivity contribution in [1.29, 1.82) is 0 Å². The van der Waals surface area contributed by atoms with Gasteiger partial charge in [-0.15, -0.1) is 21.2 Å². The largest absolute Gasteiger partial charge is 0.695 e. The molecule has 3 fully saturated rings. The van der Waals surface area contributed by atoms with Crippen molar-refractivity contribution in [3.8, 4) is 0 Å². The van der Waals surface area contributed by atoms with Gasteiger partial charge in [-0.05, 0) is 11.8 Å². The van der Waals surface area contributed by atoms with E-state index in [0.29, 0.717) is 0 Å². The van der Waals surface area contributed by atoms with Crippen molar-refractivity contribution in [3.63, 3.8) is 0 Å². The maximum atomic E-state index is 15.6. The third-order valence-electron chi connectivity index (χ3n) is 7.73.